The molecule has 0 aliphatic rings. The van der Waals surface area contributed by atoms with Gasteiger partial charge in [0.25, 0.3) is 0 Å². The van der Waals surface area contributed by atoms with Gasteiger partial charge >= 0.3 is 0 Å². The fraction of sp³-hybridized carbons (Fsp3) is 0.250. The fourth-order valence-corrected chi connectivity index (χ4v) is 2.02. The van der Waals surface area contributed by atoms with Crippen LogP contribution in [0, 0.1) is 12.7 Å². The molecule has 0 saturated heterocycles. The lowest BCUT2D eigenvalue weighted by Gasteiger charge is -2.14. The number of methoxy groups -OCH3 is 1. The van der Waals surface area contributed by atoms with Gasteiger partial charge in [0.15, 0.2) is 0 Å². The monoisotopic (exact) mass is 275 g/mol. The van der Waals surface area contributed by atoms with Crippen LogP contribution in [0.4, 0.5) is 10.1 Å². The zero-order valence-corrected chi connectivity index (χ0v) is 11.6. The summed E-state index contributed by atoms with van der Waals surface area (Å²) in [4.78, 5) is 0. The van der Waals surface area contributed by atoms with Gasteiger partial charge in [-0.2, -0.15) is 0 Å². The lowest BCUT2D eigenvalue weighted by molar-refractivity contribution is 0.191. The van der Waals surface area contributed by atoms with Crippen LogP contribution in [0.2, 0.25) is 0 Å². The zero-order valence-electron chi connectivity index (χ0n) is 11.6. The van der Waals surface area contributed by atoms with Crippen LogP contribution in [0.5, 0.6) is 5.75 Å². The molecule has 2 aromatic carbocycles. The summed E-state index contributed by atoms with van der Waals surface area (Å²) in [6.07, 6.45) is -0.686. The van der Waals surface area contributed by atoms with Crippen molar-refractivity contribution in [3.05, 3.63) is 59.4 Å². The minimum Gasteiger partial charge on any atom is -0.497 e. The second-order valence-corrected chi connectivity index (χ2v) is 4.69. The Hall–Kier alpha value is -2.07. The number of rotatable bonds is 5. The van der Waals surface area contributed by atoms with Crippen LogP contribution in [0.25, 0.3) is 0 Å². The molecule has 2 aromatic rings. The van der Waals surface area contributed by atoms with E-state index in [1.54, 1.807) is 13.2 Å². The SMILES string of the molecule is COc1cccc(C(O)CNc2cc(C)cc(F)c2)c1. The van der Waals surface area contributed by atoms with E-state index in [2.05, 4.69) is 5.32 Å². The highest BCUT2D eigenvalue weighted by molar-refractivity contribution is 5.46. The molecule has 0 heterocycles. The normalized spacial score (nSPS) is 12.0. The summed E-state index contributed by atoms with van der Waals surface area (Å²) in [5.74, 6) is 0.409. The number of benzene rings is 2. The molecule has 0 aliphatic heterocycles. The molecule has 0 amide bonds. The first-order chi connectivity index (χ1) is 9.58. The number of aliphatic hydroxyl groups is 1. The Bertz CT molecular complexity index is 566. The number of aryl methyl sites for hydroxylation is 1. The van der Waals surface area contributed by atoms with Crippen molar-refractivity contribution < 1.29 is 14.2 Å². The van der Waals surface area contributed by atoms with Gasteiger partial charge in [-0.1, -0.05) is 12.1 Å². The van der Waals surface area contributed by atoms with Crippen molar-refractivity contribution in [2.75, 3.05) is 19.0 Å². The molecule has 0 spiro atoms. The maximum absolute atomic E-state index is 13.3. The number of halogens is 1. The van der Waals surface area contributed by atoms with Gasteiger partial charge in [0.1, 0.15) is 11.6 Å². The summed E-state index contributed by atoms with van der Waals surface area (Å²) in [5.41, 5.74) is 2.25. The van der Waals surface area contributed by atoms with E-state index in [0.717, 1.165) is 11.1 Å². The third kappa shape index (κ3) is 3.71. The first-order valence-electron chi connectivity index (χ1n) is 6.41. The average Bonchev–Trinajstić information content (AvgIpc) is 2.44. The molecule has 0 aliphatic carbocycles. The zero-order chi connectivity index (χ0) is 14.5. The quantitative estimate of drug-likeness (QED) is 0.879. The predicted octanol–water partition coefficient (Wildman–Crippen LogP) is 3.29. The van der Waals surface area contributed by atoms with E-state index >= 15 is 0 Å². The van der Waals surface area contributed by atoms with Crippen molar-refractivity contribution in [3.8, 4) is 5.75 Å². The highest BCUT2D eigenvalue weighted by Crippen LogP contribution is 2.20. The van der Waals surface area contributed by atoms with Gasteiger partial charge < -0.3 is 15.2 Å². The van der Waals surface area contributed by atoms with Crippen LogP contribution >= 0.6 is 0 Å². The van der Waals surface area contributed by atoms with E-state index in [1.165, 1.54) is 12.1 Å². The second-order valence-electron chi connectivity index (χ2n) is 4.69. The first kappa shape index (κ1) is 14.3. The maximum Gasteiger partial charge on any atom is 0.125 e. The van der Waals surface area contributed by atoms with E-state index in [1.807, 2.05) is 31.2 Å². The highest BCUT2D eigenvalue weighted by atomic mass is 19.1. The van der Waals surface area contributed by atoms with Crippen LogP contribution in [-0.2, 0) is 0 Å². The number of nitrogens with one attached hydrogen (secondary N) is 1. The van der Waals surface area contributed by atoms with Crippen LogP contribution in [-0.4, -0.2) is 18.8 Å². The van der Waals surface area contributed by atoms with Gasteiger partial charge in [-0.25, -0.2) is 4.39 Å². The van der Waals surface area contributed by atoms with E-state index in [0.29, 0.717) is 18.0 Å². The molecule has 3 nitrogen and oxygen atoms in total. The minimum atomic E-state index is -0.686. The second kappa shape index (κ2) is 6.39. The molecule has 0 radical (unpaired) electrons. The number of aliphatic hydroxyl groups excluding tert-OH is 1. The molecule has 0 bridgehead atoms. The number of anilines is 1. The molecule has 2 rings (SSSR count). The summed E-state index contributed by atoms with van der Waals surface area (Å²) in [6.45, 7) is 2.13. The summed E-state index contributed by atoms with van der Waals surface area (Å²) < 4.78 is 18.4. The maximum atomic E-state index is 13.3. The van der Waals surface area contributed by atoms with Crippen LogP contribution < -0.4 is 10.1 Å². The summed E-state index contributed by atoms with van der Waals surface area (Å²) >= 11 is 0. The van der Waals surface area contributed by atoms with Gasteiger partial charge in [0.2, 0.25) is 0 Å². The van der Waals surface area contributed by atoms with E-state index in [9.17, 15) is 9.50 Å². The van der Waals surface area contributed by atoms with Crippen LogP contribution in [0.1, 0.15) is 17.2 Å². The van der Waals surface area contributed by atoms with Crippen molar-refractivity contribution in [3.63, 3.8) is 0 Å². The Morgan fingerprint density at radius 2 is 2.05 bits per heavy atom. The average molecular weight is 275 g/mol. The van der Waals surface area contributed by atoms with Crippen molar-refractivity contribution in [2.45, 2.75) is 13.0 Å². The topological polar surface area (TPSA) is 41.5 Å². The number of hydrogen-bond donors (Lipinski definition) is 2. The smallest absolute Gasteiger partial charge is 0.125 e. The Kier molecular flexibility index (Phi) is 4.58. The summed E-state index contributed by atoms with van der Waals surface area (Å²) in [6, 6.07) is 12.0. The molecule has 20 heavy (non-hydrogen) atoms. The molecule has 0 fully saturated rings. The van der Waals surface area contributed by atoms with E-state index in [4.69, 9.17) is 4.74 Å². The molecular weight excluding hydrogens is 257 g/mol. The number of hydrogen-bond acceptors (Lipinski definition) is 3. The molecule has 106 valence electrons. The molecule has 0 saturated carbocycles. The lowest BCUT2D eigenvalue weighted by atomic mass is 10.1. The standard InChI is InChI=1S/C16H18FNO2/c1-11-6-13(17)9-14(7-11)18-10-16(19)12-4-3-5-15(8-12)20-2/h3-9,16,18-19H,10H2,1-2H3. The van der Waals surface area contributed by atoms with Crippen molar-refractivity contribution >= 4 is 5.69 Å². The Labute approximate surface area is 118 Å². The van der Waals surface area contributed by atoms with Crippen molar-refractivity contribution in [2.24, 2.45) is 0 Å². The molecule has 2 N–H and O–H groups in total. The van der Waals surface area contributed by atoms with Gasteiger partial charge in [-0.15, -0.1) is 0 Å². The lowest BCUT2D eigenvalue weighted by Crippen LogP contribution is -2.12. The molecule has 0 aromatic heterocycles. The van der Waals surface area contributed by atoms with Gasteiger partial charge in [-0.3, -0.25) is 0 Å². The van der Waals surface area contributed by atoms with Crippen molar-refractivity contribution in [1.82, 2.24) is 0 Å². The van der Waals surface area contributed by atoms with Gasteiger partial charge in [-0.05, 0) is 48.4 Å². The molecule has 4 heteroatoms. The van der Waals surface area contributed by atoms with E-state index < -0.39 is 6.10 Å². The Balaban J connectivity index is 2.02. The molecule has 1 atom stereocenters. The minimum absolute atomic E-state index is 0.289. The highest BCUT2D eigenvalue weighted by Gasteiger charge is 2.08. The number of ether oxygens (including phenoxy) is 1. The first-order valence-corrected chi connectivity index (χ1v) is 6.41. The third-order valence-corrected chi connectivity index (χ3v) is 3.02. The van der Waals surface area contributed by atoms with Crippen LogP contribution in [0.3, 0.4) is 0 Å². The van der Waals surface area contributed by atoms with Crippen molar-refractivity contribution in [1.29, 1.82) is 0 Å². The third-order valence-electron chi connectivity index (χ3n) is 3.02. The van der Waals surface area contributed by atoms with Crippen LogP contribution in [0.15, 0.2) is 42.5 Å². The summed E-state index contributed by atoms with van der Waals surface area (Å²) in [7, 11) is 1.58. The molecule has 1 unspecified atom stereocenters. The largest absolute Gasteiger partial charge is 0.497 e. The predicted molar refractivity (Wildman–Crippen MR) is 77.6 cm³/mol. The Morgan fingerprint density at radius 3 is 2.75 bits per heavy atom. The Morgan fingerprint density at radius 1 is 1.25 bits per heavy atom. The summed E-state index contributed by atoms with van der Waals surface area (Å²) in [5, 5.41) is 13.2. The molecular formula is C16H18FNO2. The van der Waals surface area contributed by atoms with Gasteiger partial charge in [0, 0.05) is 12.2 Å². The van der Waals surface area contributed by atoms with E-state index in [-0.39, 0.29) is 5.82 Å². The fourth-order valence-electron chi connectivity index (χ4n) is 2.02. The van der Waals surface area contributed by atoms with Gasteiger partial charge in [0.05, 0.1) is 13.2 Å².